The van der Waals surface area contributed by atoms with Crippen LogP contribution in [0.25, 0.3) is 0 Å². The SMILES string of the molecule is CSCCC(NN)c1ccc(C)cc1. The first-order chi connectivity index (χ1) is 6.77. The molecule has 0 radical (unpaired) electrons. The van der Waals surface area contributed by atoms with Crippen LogP contribution in [0.1, 0.15) is 23.6 Å². The molecule has 1 aromatic carbocycles. The fourth-order valence-electron chi connectivity index (χ4n) is 1.38. The Morgan fingerprint density at radius 1 is 1.36 bits per heavy atom. The van der Waals surface area contributed by atoms with Gasteiger partial charge in [0.05, 0.1) is 0 Å². The van der Waals surface area contributed by atoms with Crippen LogP contribution in [0, 0.1) is 6.92 Å². The lowest BCUT2D eigenvalue weighted by Crippen LogP contribution is -2.28. The molecule has 0 spiro atoms. The number of aryl methyl sites for hydroxylation is 1. The second kappa shape index (κ2) is 6.06. The van der Waals surface area contributed by atoms with Crippen molar-refractivity contribution in [1.29, 1.82) is 0 Å². The van der Waals surface area contributed by atoms with Gasteiger partial charge in [-0.05, 0) is 30.9 Å². The average molecular weight is 210 g/mol. The van der Waals surface area contributed by atoms with Gasteiger partial charge in [-0.1, -0.05) is 29.8 Å². The van der Waals surface area contributed by atoms with Gasteiger partial charge >= 0.3 is 0 Å². The Morgan fingerprint density at radius 2 is 2.00 bits per heavy atom. The lowest BCUT2D eigenvalue weighted by molar-refractivity contribution is 0.543. The lowest BCUT2D eigenvalue weighted by atomic mass is 10.0. The maximum absolute atomic E-state index is 5.52. The van der Waals surface area contributed by atoms with Crippen LogP contribution < -0.4 is 11.3 Å². The molecule has 3 N–H and O–H groups in total. The molecule has 1 rings (SSSR count). The van der Waals surface area contributed by atoms with Crippen molar-refractivity contribution in [3.8, 4) is 0 Å². The first kappa shape index (κ1) is 11.6. The molecule has 0 heterocycles. The van der Waals surface area contributed by atoms with Crippen molar-refractivity contribution >= 4 is 11.8 Å². The fraction of sp³-hybridized carbons (Fsp3) is 0.455. The molecule has 3 heteroatoms. The third-order valence-corrected chi connectivity index (χ3v) is 2.94. The molecule has 0 saturated heterocycles. The van der Waals surface area contributed by atoms with Crippen molar-refractivity contribution in [2.75, 3.05) is 12.0 Å². The van der Waals surface area contributed by atoms with E-state index in [4.69, 9.17) is 5.84 Å². The Labute approximate surface area is 90.2 Å². The fourth-order valence-corrected chi connectivity index (χ4v) is 1.85. The molecule has 0 aromatic heterocycles. The molecule has 0 saturated carbocycles. The maximum atomic E-state index is 5.52. The van der Waals surface area contributed by atoms with E-state index in [0.717, 1.165) is 12.2 Å². The highest BCUT2D eigenvalue weighted by atomic mass is 32.2. The van der Waals surface area contributed by atoms with E-state index in [0.29, 0.717) is 0 Å². The van der Waals surface area contributed by atoms with Gasteiger partial charge in [0.15, 0.2) is 0 Å². The maximum Gasteiger partial charge on any atom is 0.0467 e. The molecule has 0 bridgehead atoms. The highest BCUT2D eigenvalue weighted by Gasteiger charge is 2.07. The number of thioether (sulfide) groups is 1. The van der Waals surface area contributed by atoms with E-state index < -0.39 is 0 Å². The Hall–Kier alpha value is -0.510. The summed E-state index contributed by atoms with van der Waals surface area (Å²) in [5.41, 5.74) is 5.42. The third kappa shape index (κ3) is 3.33. The van der Waals surface area contributed by atoms with E-state index in [1.165, 1.54) is 11.1 Å². The van der Waals surface area contributed by atoms with Gasteiger partial charge < -0.3 is 0 Å². The minimum Gasteiger partial charge on any atom is -0.271 e. The summed E-state index contributed by atoms with van der Waals surface area (Å²) in [5, 5.41) is 0. The predicted molar refractivity (Wildman–Crippen MR) is 64.2 cm³/mol. The first-order valence-electron chi connectivity index (χ1n) is 4.79. The van der Waals surface area contributed by atoms with Gasteiger partial charge in [-0.15, -0.1) is 0 Å². The zero-order valence-electron chi connectivity index (χ0n) is 8.79. The van der Waals surface area contributed by atoms with Gasteiger partial charge in [0.2, 0.25) is 0 Å². The Balaban J connectivity index is 2.64. The molecule has 1 unspecified atom stereocenters. The van der Waals surface area contributed by atoms with Crippen molar-refractivity contribution < 1.29 is 0 Å². The Bertz CT molecular complexity index is 258. The number of nitrogens with two attached hydrogens (primary N) is 1. The summed E-state index contributed by atoms with van der Waals surface area (Å²) in [6.07, 6.45) is 3.18. The molecule has 0 fully saturated rings. The van der Waals surface area contributed by atoms with Gasteiger partial charge in [0.25, 0.3) is 0 Å². The highest BCUT2D eigenvalue weighted by Crippen LogP contribution is 2.18. The molecule has 0 aliphatic heterocycles. The third-order valence-electron chi connectivity index (χ3n) is 2.29. The van der Waals surface area contributed by atoms with E-state index in [2.05, 4.69) is 42.9 Å². The molecule has 14 heavy (non-hydrogen) atoms. The quantitative estimate of drug-likeness (QED) is 0.578. The average Bonchev–Trinajstić information content (AvgIpc) is 2.21. The van der Waals surface area contributed by atoms with Crippen LogP contribution in [0.3, 0.4) is 0 Å². The van der Waals surface area contributed by atoms with Crippen molar-refractivity contribution in [3.63, 3.8) is 0 Å². The molecule has 2 nitrogen and oxygen atoms in total. The largest absolute Gasteiger partial charge is 0.271 e. The van der Waals surface area contributed by atoms with Crippen molar-refractivity contribution in [1.82, 2.24) is 5.43 Å². The molecule has 1 atom stereocenters. The van der Waals surface area contributed by atoms with Crippen LogP contribution in [0.2, 0.25) is 0 Å². The number of hydrazine groups is 1. The summed E-state index contributed by atoms with van der Waals surface area (Å²) in [7, 11) is 0. The molecular weight excluding hydrogens is 192 g/mol. The van der Waals surface area contributed by atoms with Gasteiger partial charge in [0, 0.05) is 6.04 Å². The summed E-state index contributed by atoms with van der Waals surface area (Å²) in [6, 6.07) is 8.81. The monoisotopic (exact) mass is 210 g/mol. The normalized spacial score (nSPS) is 12.8. The number of benzene rings is 1. The molecule has 1 aromatic rings. The number of hydrogen-bond donors (Lipinski definition) is 2. The van der Waals surface area contributed by atoms with Gasteiger partial charge in [-0.25, -0.2) is 0 Å². The topological polar surface area (TPSA) is 38.0 Å². The second-order valence-corrected chi connectivity index (χ2v) is 4.40. The molecule has 78 valence electrons. The lowest BCUT2D eigenvalue weighted by Gasteiger charge is -2.15. The first-order valence-corrected chi connectivity index (χ1v) is 6.19. The van der Waals surface area contributed by atoms with E-state index in [9.17, 15) is 0 Å². The minimum atomic E-state index is 0.281. The summed E-state index contributed by atoms with van der Waals surface area (Å²) in [5.74, 6) is 6.65. The van der Waals surface area contributed by atoms with Crippen molar-refractivity contribution in [2.24, 2.45) is 5.84 Å². The van der Waals surface area contributed by atoms with E-state index in [1.54, 1.807) is 0 Å². The van der Waals surface area contributed by atoms with Crippen LogP contribution >= 0.6 is 11.8 Å². The minimum absolute atomic E-state index is 0.281. The van der Waals surface area contributed by atoms with Crippen LogP contribution in [-0.2, 0) is 0 Å². The van der Waals surface area contributed by atoms with E-state index in [1.807, 2.05) is 11.8 Å². The van der Waals surface area contributed by atoms with Crippen LogP contribution in [-0.4, -0.2) is 12.0 Å². The van der Waals surface area contributed by atoms with E-state index >= 15 is 0 Å². The predicted octanol–water partition coefficient (Wildman–Crippen LogP) is 2.25. The van der Waals surface area contributed by atoms with Crippen molar-refractivity contribution in [2.45, 2.75) is 19.4 Å². The molecule has 0 aliphatic carbocycles. The Morgan fingerprint density at radius 3 is 2.50 bits per heavy atom. The van der Waals surface area contributed by atoms with E-state index in [-0.39, 0.29) is 6.04 Å². The number of hydrogen-bond acceptors (Lipinski definition) is 3. The van der Waals surface area contributed by atoms with Gasteiger partial charge in [-0.3, -0.25) is 11.3 Å². The number of nitrogens with one attached hydrogen (secondary N) is 1. The van der Waals surface area contributed by atoms with Crippen molar-refractivity contribution in [3.05, 3.63) is 35.4 Å². The second-order valence-electron chi connectivity index (χ2n) is 3.41. The summed E-state index contributed by atoms with van der Waals surface area (Å²) in [6.45, 7) is 2.09. The number of rotatable bonds is 5. The Kier molecular flexibility index (Phi) is 5.01. The smallest absolute Gasteiger partial charge is 0.0467 e. The van der Waals surface area contributed by atoms with Crippen LogP contribution in [0.4, 0.5) is 0 Å². The summed E-state index contributed by atoms with van der Waals surface area (Å²) in [4.78, 5) is 0. The van der Waals surface area contributed by atoms with Crippen LogP contribution in [0.5, 0.6) is 0 Å². The standard InChI is InChI=1S/C11H18N2S/c1-9-3-5-10(6-4-9)11(13-12)7-8-14-2/h3-6,11,13H,7-8,12H2,1-2H3. The highest BCUT2D eigenvalue weighted by molar-refractivity contribution is 7.98. The molecule has 0 amide bonds. The zero-order valence-corrected chi connectivity index (χ0v) is 9.60. The molecule has 0 aliphatic rings. The molecular formula is C11H18N2S. The zero-order chi connectivity index (χ0) is 10.4. The summed E-state index contributed by atoms with van der Waals surface area (Å²) < 4.78 is 0. The van der Waals surface area contributed by atoms with Gasteiger partial charge in [0.1, 0.15) is 0 Å². The summed E-state index contributed by atoms with van der Waals surface area (Å²) >= 11 is 1.85. The van der Waals surface area contributed by atoms with Gasteiger partial charge in [-0.2, -0.15) is 11.8 Å². The van der Waals surface area contributed by atoms with Crippen LogP contribution in [0.15, 0.2) is 24.3 Å².